The molecule has 0 unspecified atom stereocenters. The zero-order valence-electron chi connectivity index (χ0n) is 18.7. The van der Waals surface area contributed by atoms with Crippen molar-refractivity contribution in [2.24, 2.45) is 0 Å². The third kappa shape index (κ3) is 3.78. The Hall–Kier alpha value is -3.93. The van der Waals surface area contributed by atoms with Gasteiger partial charge in [0, 0.05) is 24.1 Å². The van der Waals surface area contributed by atoms with Crippen molar-refractivity contribution >= 4 is 22.6 Å². The van der Waals surface area contributed by atoms with E-state index in [4.69, 9.17) is 4.74 Å². The fraction of sp³-hybridized carbons (Fsp3) is 0.222. The second kappa shape index (κ2) is 8.54. The Kier molecular flexibility index (Phi) is 5.42. The van der Waals surface area contributed by atoms with E-state index in [1.165, 1.54) is 0 Å². The Morgan fingerprint density at radius 3 is 2.55 bits per heavy atom. The molecule has 1 aromatic heterocycles. The first-order valence-corrected chi connectivity index (χ1v) is 11.2. The SMILES string of the molecule is CCOC(=O)c1nn(-c2ccc(C)cc2)c2c1CN(C(=O)c1cccc3ccccc13)CC2. The van der Waals surface area contributed by atoms with Crippen LogP contribution in [0, 0.1) is 6.92 Å². The average molecular weight is 440 g/mol. The van der Waals surface area contributed by atoms with Crippen LogP contribution in [0.4, 0.5) is 0 Å². The highest BCUT2D eigenvalue weighted by Crippen LogP contribution is 2.28. The molecule has 1 amide bonds. The molecule has 0 fully saturated rings. The van der Waals surface area contributed by atoms with Gasteiger partial charge in [-0.25, -0.2) is 9.48 Å². The van der Waals surface area contributed by atoms with Gasteiger partial charge in [-0.2, -0.15) is 5.10 Å². The van der Waals surface area contributed by atoms with Gasteiger partial charge in [0.2, 0.25) is 0 Å². The minimum Gasteiger partial charge on any atom is -0.461 e. The monoisotopic (exact) mass is 439 g/mol. The Balaban J connectivity index is 1.54. The lowest BCUT2D eigenvalue weighted by atomic mass is 10.0. The lowest BCUT2D eigenvalue weighted by molar-refractivity contribution is 0.0513. The van der Waals surface area contributed by atoms with Crippen LogP contribution in [-0.2, 0) is 17.7 Å². The molecule has 166 valence electrons. The number of fused-ring (bicyclic) bond motifs is 2. The first-order chi connectivity index (χ1) is 16.1. The number of aryl methyl sites for hydroxylation is 1. The van der Waals surface area contributed by atoms with E-state index in [0.717, 1.165) is 33.3 Å². The van der Waals surface area contributed by atoms with Crippen molar-refractivity contribution in [2.45, 2.75) is 26.8 Å². The normalized spacial score (nSPS) is 13.1. The number of carbonyl (C=O) groups excluding carboxylic acids is 2. The number of hydrogen-bond acceptors (Lipinski definition) is 4. The summed E-state index contributed by atoms with van der Waals surface area (Å²) in [6.07, 6.45) is 0.603. The van der Waals surface area contributed by atoms with Gasteiger partial charge in [-0.15, -0.1) is 0 Å². The number of carbonyl (C=O) groups is 2. The van der Waals surface area contributed by atoms with Crippen LogP contribution >= 0.6 is 0 Å². The molecular formula is C27H25N3O3. The highest BCUT2D eigenvalue weighted by molar-refractivity contribution is 6.07. The summed E-state index contributed by atoms with van der Waals surface area (Å²) in [4.78, 5) is 28.1. The average Bonchev–Trinajstić information content (AvgIpc) is 3.23. The zero-order chi connectivity index (χ0) is 22.9. The third-order valence-corrected chi connectivity index (χ3v) is 6.11. The molecule has 6 nitrogen and oxygen atoms in total. The van der Waals surface area contributed by atoms with Gasteiger partial charge in [-0.05, 0) is 42.8 Å². The van der Waals surface area contributed by atoms with E-state index >= 15 is 0 Å². The summed E-state index contributed by atoms with van der Waals surface area (Å²) in [6, 6.07) is 21.7. The zero-order valence-corrected chi connectivity index (χ0v) is 18.7. The number of ether oxygens (including phenoxy) is 1. The first-order valence-electron chi connectivity index (χ1n) is 11.2. The van der Waals surface area contributed by atoms with Crippen molar-refractivity contribution in [3.63, 3.8) is 0 Å². The van der Waals surface area contributed by atoms with Crippen molar-refractivity contribution in [1.29, 1.82) is 0 Å². The van der Waals surface area contributed by atoms with Crippen LogP contribution in [0.3, 0.4) is 0 Å². The molecule has 6 heteroatoms. The predicted molar refractivity (Wildman–Crippen MR) is 127 cm³/mol. The summed E-state index contributed by atoms with van der Waals surface area (Å²) in [5.74, 6) is -0.505. The summed E-state index contributed by atoms with van der Waals surface area (Å²) in [5.41, 5.74) is 4.69. The number of nitrogens with zero attached hydrogens (tertiary/aromatic N) is 3. The van der Waals surface area contributed by atoms with Crippen molar-refractivity contribution in [1.82, 2.24) is 14.7 Å². The number of amides is 1. The van der Waals surface area contributed by atoms with Crippen molar-refractivity contribution in [3.8, 4) is 5.69 Å². The van der Waals surface area contributed by atoms with Gasteiger partial charge in [0.25, 0.3) is 5.91 Å². The fourth-order valence-electron chi connectivity index (χ4n) is 4.44. The molecule has 0 radical (unpaired) electrons. The highest BCUT2D eigenvalue weighted by atomic mass is 16.5. The van der Waals surface area contributed by atoms with E-state index < -0.39 is 5.97 Å². The van der Waals surface area contributed by atoms with Crippen molar-refractivity contribution in [2.75, 3.05) is 13.2 Å². The van der Waals surface area contributed by atoms with Gasteiger partial charge in [0.15, 0.2) is 5.69 Å². The lowest BCUT2D eigenvalue weighted by Crippen LogP contribution is -2.36. The standard InChI is InChI=1S/C27H25N3O3/c1-3-33-27(32)25-23-17-29(26(31)22-10-6-8-19-7-4-5-9-21(19)22)16-15-24(23)30(28-25)20-13-11-18(2)12-14-20/h4-14H,3,15-17H2,1-2H3. The van der Waals surface area contributed by atoms with E-state index in [-0.39, 0.29) is 18.2 Å². The molecule has 0 atom stereocenters. The minimum absolute atomic E-state index is 0.0460. The van der Waals surface area contributed by atoms with E-state index in [2.05, 4.69) is 5.10 Å². The van der Waals surface area contributed by atoms with Crippen LogP contribution in [0.5, 0.6) is 0 Å². The van der Waals surface area contributed by atoms with Gasteiger partial charge in [-0.3, -0.25) is 4.79 Å². The number of hydrogen-bond donors (Lipinski definition) is 0. The summed E-state index contributed by atoms with van der Waals surface area (Å²) in [7, 11) is 0. The molecule has 0 saturated carbocycles. The lowest BCUT2D eigenvalue weighted by Gasteiger charge is -2.28. The topological polar surface area (TPSA) is 64.4 Å². The van der Waals surface area contributed by atoms with E-state index in [0.29, 0.717) is 25.1 Å². The molecule has 0 bridgehead atoms. The molecular weight excluding hydrogens is 414 g/mol. The van der Waals surface area contributed by atoms with Crippen molar-refractivity contribution in [3.05, 3.63) is 94.8 Å². The van der Waals surface area contributed by atoms with Crippen LogP contribution in [-0.4, -0.2) is 39.7 Å². The van der Waals surface area contributed by atoms with Gasteiger partial charge in [0.05, 0.1) is 24.5 Å². The van der Waals surface area contributed by atoms with Gasteiger partial charge in [0.1, 0.15) is 0 Å². The van der Waals surface area contributed by atoms with Crippen molar-refractivity contribution < 1.29 is 14.3 Å². The van der Waals surface area contributed by atoms with Crippen LogP contribution in [0.1, 0.15) is 44.6 Å². The molecule has 3 aromatic carbocycles. The fourth-order valence-corrected chi connectivity index (χ4v) is 4.44. The van der Waals surface area contributed by atoms with Gasteiger partial charge < -0.3 is 9.64 Å². The van der Waals surface area contributed by atoms with Gasteiger partial charge in [-0.1, -0.05) is 54.1 Å². The molecule has 1 aliphatic rings. The Bertz CT molecular complexity index is 1350. The quantitative estimate of drug-likeness (QED) is 0.432. The minimum atomic E-state index is -0.459. The summed E-state index contributed by atoms with van der Waals surface area (Å²) < 4.78 is 7.10. The summed E-state index contributed by atoms with van der Waals surface area (Å²) >= 11 is 0. The summed E-state index contributed by atoms with van der Waals surface area (Å²) in [6.45, 7) is 4.94. The smallest absolute Gasteiger partial charge is 0.359 e. The largest absolute Gasteiger partial charge is 0.461 e. The Morgan fingerprint density at radius 1 is 1.00 bits per heavy atom. The second-order valence-corrected chi connectivity index (χ2v) is 8.25. The van der Waals surface area contributed by atoms with E-state index in [1.54, 1.807) is 11.8 Å². The highest BCUT2D eigenvalue weighted by Gasteiger charge is 2.32. The summed E-state index contributed by atoms with van der Waals surface area (Å²) in [5, 5.41) is 6.59. The molecule has 2 heterocycles. The maximum atomic E-state index is 13.5. The first kappa shape index (κ1) is 20.9. The maximum Gasteiger partial charge on any atom is 0.359 e. The van der Waals surface area contributed by atoms with Crippen LogP contribution in [0.2, 0.25) is 0 Å². The van der Waals surface area contributed by atoms with Gasteiger partial charge >= 0.3 is 5.97 Å². The van der Waals surface area contributed by atoms with Crippen LogP contribution < -0.4 is 0 Å². The Morgan fingerprint density at radius 2 is 1.76 bits per heavy atom. The third-order valence-electron chi connectivity index (χ3n) is 6.11. The molecule has 5 rings (SSSR count). The number of rotatable bonds is 4. The molecule has 0 spiro atoms. The number of benzene rings is 3. The molecule has 33 heavy (non-hydrogen) atoms. The molecule has 4 aromatic rings. The van der Waals surface area contributed by atoms with E-state index in [1.807, 2.05) is 78.3 Å². The van der Waals surface area contributed by atoms with Crippen LogP contribution in [0.15, 0.2) is 66.7 Å². The maximum absolute atomic E-state index is 13.5. The number of aromatic nitrogens is 2. The number of esters is 1. The van der Waals surface area contributed by atoms with E-state index in [9.17, 15) is 9.59 Å². The molecule has 0 saturated heterocycles. The molecule has 1 aliphatic heterocycles. The predicted octanol–water partition coefficient (Wildman–Crippen LogP) is 4.71. The van der Waals surface area contributed by atoms with Crippen LogP contribution in [0.25, 0.3) is 16.5 Å². The Labute approximate surface area is 192 Å². The molecule has 0 aliphatic carbocycles. The molecule has 0 N–H and O–H groups in total. The second-order valence-electron chi connectivity index (χ2n) is 8.25.